The summed E-state index contributed by atoms with van der Waals surface area (Å²) in [7, 11) is 0. The first-order chi connectivity index (χ1) is 11.5. The fourth-order valence-electron chi connectivity index (χ4n) is 2.62. The molecule has 3 nitrogen and oxygen atoms in total. The van der Waals surface area contributed by atoms with E-state index in [0.717, 1.165) is 31.3 Å². The monoisotopic (exact) mass is 349 g/mol. The second kappa shape index (κ2) is 8.81. The van der Waals surface area contributed by atoms with Gasteiger partial charge < -0.3 is 10.2 Å². The number of halogens is 2. The third-order valence-electron chi connectivity index (χ3n) is 4.17. The molecule has 1 amide bonds. The number of hydrogen-bond donors (Lipinski definition) is 2. The summed E-state index contributed by atoms with van der Waals surface area (Å²) in [5.74, 6) is -1.05. The van der Waals surface area contributed by atoms with Crippen LogP contribution in [0, 0.1) is 5.82 Å². The van der Waals surface area contributed by atoms with Crippen LogP contribution in [0.5, 0.6) is 0 Å². The fraction of sp³-hybridized carbons (Fsp3) is 0.316. The molecule has 128 valence electrons. The number of carbonyl (C=O) groups is 1. The van der Waals surface area contributed by atoms with Gasteiger partial charge in [0.05, 0.1) is 18.7 Å². The van der Waals surface area contributed by atoms with Crippen molar-refractivity contribution in [2.75, 3.05) is 13.1 Å². The van der Waals surface area contributed by atoms with Gasteiger partial charge in [0.25, 0.3) is 5.91 Å². The Morgan fingerprint density at radius 2 is 1.79 bits per heavy atom. The van der Waals surface area contributed by atoms with Crippen molar-refractivity contribution in [3.63, 3.8) is 0 Å². The van der Waals surface area contributed by atoms with Gasteiger partial charge in [0.1, 0.15) is 12.4 Å². The predicted molar refractivity (Wildman–Crippen MR) is 94.8 cm³/mol. The zero-order valence-corrected chi connectivity index (χ0v) is 14.8. The lowest BCUT2D eigenvalue weighted by Crippen LogP contribution is -3.10. The smallest absolute Gasteiger partial charge is 0.254 e. The maximum Gasteiger partial charge on any atom is 0.254 e. The first-order valence-electron chi connectivity index (χ1n) is 8.18. The first kappa shape index (κ1) is 18.4. The van der Waals surface area contributed by atoms with E-state index in [1.54, 1.807) is 0 Å². The lowest BCUT2D eigenvalue weighted by molar-refractivity contribution is -0.910. The topological polar surface area (TPSA) is 33.5 Å². The van der Waals surface area contributed by atoms with E-state index in [2.05, 4.69) is 25.2 Å². The van der Waals surface area contributed by atoms with Crippen molar-refractivity contribution >= 4 is 17.5 Å². The minimum atomic E-state index is -0.610. The molecule has 2 N–H and O–H groups in total. The summed E-state index contributed by atoms with van der Waals surface area (Å²) in [5, 5.41) is 3.07. The molecular formula is C19H23ClFN2O+. The molecule has 0 aromatic heterocycles. The number of nitrogens with one attached hydrogen (secondary N) is 2. The number of amides is 1. The first-order valence-corrected chi connectivity index (χ1v) is 8.56. The van der Waals surface area contributed by atoms with E-state index in [4.69, 9.17) is 11.6 Å². The molecule has 0 aliphatic rings. The van der Waals surface area contributed by atoms with Gasteiger partial charge in [-0.3, -0.25) is 4.79 Å². The summed E-state index contributed by atoms with van der Waals surface area (Å²) in [6.45, 7) is 7.70. The Kier molecular flexibility index (Phi) is 6.76. The number of quaternary nitrogens is 1. The highest BCUT2D eigenvalue weighted by Crippen LogP contribution is 2.15. The maximum atomic E-state index is 13.8. The predicted octanol–water partition coefficient (Wildman–Crippen LogP) is 2.83. The Hall–Kier alpha value is -1.91. The number of hydrogen-bond acceptors (Lipinski definition) is 1. The summed E-state index contributed by atoms with van der Waals surface area (Å²) in [6, 6.07) is 12.1. The Bertz CT molecular complexity index is 702. The Morgan fingerprint density at radius 3 is 2.42 bits per heavy atom. The molecule has 2 aromatic carbocycles. The largest absolute Gasteiger partial charge is 0.348 e. The Morgan fingerprint density at radius 1 is 1.12 bits per heavy atom. The quantitative estimate of drug-likeness (QED) is 0.791. The third-order valence-corrected chi connectivity index (χ3v) is 4.41. The van der Waals surface area contributed by atoms with Crippen LogP contribution < -0.4 is 10.2 Å². The molecule has 5 heteroatoms. The highest BCUT2D eigenvalue weighted by molar-refractivity contribution is 6.30. The standard InChI is InChI=1S/C19H22ClFN2O/c1-3-23(4-2)13-15-8-6-5-7-14(15)12-22-19(24)17-10-9-16(20)11-18(17)21/h5-11H,3-4,12-13H2,1-2H3,(H,22,24)/p+1. The van der Waals surface area contributed by atoms with Crippen LogP contribution in [0.1, 0.15) is 35.3 Å². The molecular weight excluding hydrogens is 327 g/mol. The third kappa shape index (κ3) is 4.79. The van der Waals surface area contributed by atoms with Crippen molar-refractivity contribution in [3.8, 4) is 0 Å². The van der Waals surface area contributed by atoms with E-state index in [0.29, 0.717) is 6.54 Å². The van der Waals surface area contributed by atoms with Gasteiger partial charge in [-0.1, -0.05) is 35.9 Å². The van der Waals surface area contributed by atoms with Crippen LogP contribution in [0.15, 0.2) is 42.5 Å². The SMILES string of the molecule is CC[NH+](CC)Cc1ccccc1CNC(=O)c1ccc(Cl)cc1F. The minimum Gasteiger partial charge on any atom is -0.348 e. The highest BCUT2D eigenvalue weighted by atomic mass is 35.5. The van der Waals surface area contributed by atoms with Crippen molar-refractivity contribution < 1.29 is 14.1 Å². The molecule has 0 aliphatic carbocycles. The highest BCUT2D eigenvalue weighted by Gasteiger charge is 2.13. The molecule has 0 spiro atoms. The van der Waals surface area contributed by atoms with Crippen LogP contribution in [0.3, 0.4) is 0 Å². The summed E-state index contributed by atoms with van der Waals surface area (Å²) in [4.78, 5) is 13.7. The molecule has 0 fully saturated rings. The van der Waals surface area contributed by atoms with Crippen molar-refractivity contribution in [2.45, 2.75) is 26.9 Å². The molecule has 2 rings (SSSR count). The molecule has 0 unspecified atom stereocenters. The lowest BCUT2D eigenvalue weighted by Gasteiger charge is -2.18. The van der Waals surface area contributed by atoms with Gasteiger partial charge in [0, 0.05) is 17.1 Å². The fourth-order valence-corrected chi connectivity index (χ4v) is 2.77. The van der Waals surface area contributed by atoms with E-state index in [-0.39, 0.29) is 10.6 Å². The minimum absolute atomic E-state index is 0.00579. The summed E-state index contributed by atoms with van der Waals surface area (Å²) in [6.07, 6.45) is 0. The molecule has 0 bridgehead atoms. The lowest BCUT2D eigenvalue weighted by atomic mass is 10.1. The number of benzene rings is 2. The Labute approximate surface area is 147 Å². The second-order valence-electron chi connectivity index (χ2n) is 5.71. The van der Waals surface area contributed by atoms with Gasteiger partial charge in [-0.25, -0.2) is 4.39 Å². The molecule has 0 saturated carbocycles. The van der Waals surface area contributed by atoms with Crippen molar-refractivity contribution in [2.24, 2.45) is 0 Å². The van der Waals surface area contributed by atoms with E-state index < -0.39 is 11.7 Å². The molecule has 0 heterocycles. The molecule has 0 radical (unpaired) electrons. The van der Waals surface area contributed by atoms with Crippen LogP contribution >= 0.6 is 11.6 Å². The maximum absolute atomic E-state index is 13.8. The van der Waals surface area contributed by atoms with Gasteiger partial charge in [0.15, 0.2) is 0 Å². The van der Waals surface area contributed by atoms with E-state index in [1.165, 1.54) is 22.6 Å². The van der Waals surface area contributed by atoms with Crippen molar-refractivity contribution in [1.82, 2.24) is 5.32 Å². The van der Waals surface area contributed by atoms with Crippen LogP contribution in [-0.2, 0) is 13.1 Å². The van der Waals surface area contributed by atoms with Gasteiger partial charge in [-0.2, -0.15) is 0 Å². The summed E-state index contributed by atoms with van der Waals surface area (Å²) < 4.78 is 13.8. The van der Waals surface area contributed by atoms with Crippen LogP contribution in [0.2, 0.25) is 5.02 Å². The number of carbonyl (C=O) groups excluding carboxylic acids is 1. The zero-order chi connectivity index (χ0) is 17.5. The van der Waals surface area contributed by atoms with Gasteiger partial charge in [-0.15, -0.1) is 0 Å². The second-order valence-corrected chi connectivity index (χ2v) is 6.15. The summed E-state index contributed by atoms with van der Waals surface area (Å²) >= 11 is 5.72. The number of rotatable bonds is 7. The van der Waals surface area contributed by atoms with Gasteiger partial charge >= 0.3 is 0 Å². The van der Waals surface area contributed by atoms with Crippen LogP contribution in [-0.4, -0.2) is 19.0 Å². The molecule has 2 aromatic rings. The van der Waals surface area contributed by atoms with E-state index in [9.17, 15) is 9.18 Å². The normalized spacial score (nSPS) is 10.9. The van der Waals surface area contributed by atoms with Crippen molar-refractivity contribution in [1.29, 1.82) is 0 Å². The summed E-state index contributed by atoms with van der Waals surface area (Å²) in [5.41, 5.74) is 2.26. The van der Waals surface area contributed by atoms with Crippen molar-refractivity contribution in [3.05, 3.63) is 70.0 Å². The van der Waals surface area contributed by atoms with E-state index in [1.807, 2.05) is 18.2 Å². The molecule has 0 saturated heterocycles. The van der Waals surface area contributed by atoms with Crippen LogP contribution in [0.25, 0.3) is 0 Å². The van der Waals surface area contributed by atoms with Gasteiger partial charge in [0.2, 0.25) is 0 Å². The average molecular weight is 350 g/mol. The van der Waals surface area contributed by atoms with Gasteiger partial charge in [-0.05, 0) is 37.6 Å². The molecule has 0 atom stereocenters. The Balaban J connectivity index is 2.07. The molecule has 0 aliphatic heterocycles. The molecule has 24 heavy (non-hydrogen) atoms. The van der Waals surface area contributed by atoms with Crippen LogP contribution in [0.4, 0.5) is 4.39 Å². The zero-order valence-electron chi connectivity index (χ0n) is 14.0. The average Bonchev–Trinajstić information content (AvgIpc) is 2.58. The van der Waals surface area contributed by atoms with E-state index >= 15 is 0 Å².